The first-order valence-electron chi connectivity index (χ1n) is 7.87. The molecule has 0 aromatic carbocycles. The van der Waals surface area contributed by atoms with E-state index in [1.54, 1.807) is 0 Å². The first-order chi connectivity index (χ1) is 9.19. The molecule has 2 rings (SSSR count). The van der Waals surface area contributed by atoms with Crippen LogP contribution in [0.1, 0.15) is 26.7 Å². The van der Waals surface area contributed by atoms with Crippen LogP contribution in [0.25, 0.3) is 0 Å². The van der Waals surface area contributed by atoms with E-state index < -0.39 is 0 Å². The van der Waals surface area contributed by atoms with Crippen molar-refractivity contribution in [3.63, 3.8) is 0 Å². The molecule has 0 aromatic rings. The average molecular weight is 269 g/mol. The molecule has 112 valence electrons. The first-order valence-corrected chi connectivity index (χ1v) is 7.87. The molecule has 1 aliphatic heterocycles. The minimum atomic E-state index is 0.548. The Morgan fingerprint density at radius 1 is 1.16 bits per heavy atom. The van der Waals surface area contributed by atoms with E-state index in [1.165, 1.54) is 45.6 Å². The Balaban J connectivity index is 1.72. The van der Waals surface area contributed by atoms with Gasteiger partial charge < -0.3 is 15.0 Å². The molecular formula is C15H31N3O. The normalized spacial score (nSPS) is 24.0. The Bertz CT molecular complexity index is 248. The molecule has 2 aliphatic rings. The van der Waals surface area contributed by atoms with Crippen molar-refractivity contribution in [3.8, 4) is 0 Å². The number of methoxy groups -OCH3 is 1. The molecule has 1 saturated heterocycles. The van der Waals surface area contributed by atoms with Crippen molar-refractivity contribution in [1.29, 1.82) is 0 Å². The van der Waals surface area contributed by atoms with Crippen molar-refractivity contribution in [3.05, 3.63) is 0 Å². The summed E-state index contributed by atoms with van der Waals surface area (Å²) in [6.45, 7) is 12.6. The van der Waals surface area contributed by atoms with E-state index in [4.69, 9.17) is 4.74 Å². The van der Waals surface area contributed by atoms with E-state index in [2.05, 4.69) is 29.0 Å². The van der Waals surface area contributed by atoms with Crippen molar-refractivity contribution >= 4 is 0 Å². The Labute approximate surface area is 118 Å². The zero-order chi connectivity index (χ0) is 13.7. The summed E-state index contributed by atoms with van der Waals surface area (Å²) < 4.78 is 5.41. The second kappa shape index (κ2) is 7.58. The van der Waals surface area contributed by atoms with E-state index in [-0.39, 0.29) is 0 Å². The molecule has 0 amide bonds. The monoisotopic (exact) mass is 269 g/mol. The standard InChI is InChI=1S/C15H31N3O/c1-13(2)11-17-6-8-18(9-7-17)15(12-19-3)10-16-14-4-5-14/h13-16H,4-12H2,1-3H3. The van der Waals surface area contributed by atoms with Crippen molar-refractivity contribution in [2.45, 2.75) is 38.8 Å². The predicted molar refractivity (Wildman–Crippen MR) is 79.5 cm³/mol. The summed E-state index contributed by atoms with van der Waals surface area (Å²) >= 11 is 0. The van der Waals surface area contributed by atoms with E-state index in [9.17, 15) is 0 Å². The van der Waals surface area contributed by atoms with Crippen LogP contribution < -0.4 is 5.32 Å². The van der Waals surface area contributed by atoms with Gasteiger partial charge in [-0.25, -0.2) is 0 Å². The number of ether oxygens (including phenoxy) is 1. The molecule has 1 aliphatic carbocycles. The molecule has 0 spiro atoms. The minimum absolute atomic E-state index is 0.548. The van der Waals surface area contributed by atoms with Gasteiger partial charge in [-0.3, -0.25) is 4.90 Å². The van der Waals surface area contributed by atoms with Crippen LogP contribution in [0.5, 0.6) is 0 Å². The molecule has 1 atom stereocenters. The zero-order valence-corrected chi connectivity index (χ0v) is 12.9. The number of hydrogen-bond donors (Lipinski definition) is 1. The lowest BCUT2D eigenvalue weighted by Crippen LogP contribution is -2.54. The van der Waals surface area contributed by atoms with Gasteiger partial charge in [0.15, 0.2) is 0 Å². The van der Waals surface area contributed by atoms with Gasteiger partial charge in [0.2, 0.25) is 0 Å². The Morgan fingerprint density at radius 2 is 1.84 bits per heavy atom. The summed E-state index contributed by atoms with van der Waals surface area (Å²) in [7, 11) is 1.82. The summed E-state index contributed by atoms with van der Waals surface area (Å²) in [5, 5.41) is 3.65. The summed E-state index contributed by atoms with van der Waals surface area (Å²) in [6, 6.07) is 1.34. The highest BCUT2D eigenvalue weighted by Crippen LogP contribution is 2.19. The largest absolute Gasteiger partial charge is 0.383 e. The highest BCUT2D eigenvalue weighted by Gasteiger charge is 2.27. The van der Waals surface area contributed by atoms with E-state index in [0.717, 1.165) is 25.1 Å². The fraction of sp³-hybridized carbons (Fsp3) is 1.00. The predicted octanol–water partition coefficient (Wildman–Crippen LogP) is 1.03. The number of piperazine rings is 1. The Kier molecular flexibility index (Phi) is 6.07. The molecule has 1 heterocycles. The number of rotatable bonds is 8. The van der Waals surface area contributed by atoms with Gasteiger partial charge in [-0.1, -0.05) is 13.8 Å². The molecule has 0 bridgehead atoms. The first kappa shape index (κ1) is 15.2. The highest BCUT2D eigenvalue weighted by atomic mass is 16.5. The molecule has 1 unspecified atom stereocenters. The van der Waals surface area contributed by atoms with Gasteiger partial charge in [0.05, 0.1) is 6.61 Å². The minimum Gasteiger partial charge on any atom is -0.383 e. The maximum Gasteiger partial charge on any atom is 0.0630 e. The van der Waals surface area contributed by atoms with Crippen LogP contribution in [0, 0.1) is 5.92 Å². The Morgan fingerprint density at radius 3 is 2.37 bits per heavy atom. The molecule has 19 heavy (non-hydrogen) atoms. The van der Waals surface area contributed by atoms with Crippen molar-refractivity contribution in [2.75, 3.05) is 53.0 Å². The van der Waals surface area contributed by atoms with Gasteiger partial charge in [-0.15, -0.1) is 0 Å². The third-order valence-corrected chi connectivity index (χ3v) is 4.13. The lowest BCUT2D eigenvalue weighted by atomic mass is 10.1. The molecule has 4 nitrogen and oxygen atoms in total. The third-order valence-electron chi connectivity index (χ3n) is 4.13. The number of hydrogen-bond acceptors (Lipinski definition) is 4. The second-order valence-electron chi connectivity index (χ2n) is 6.52. The van der Waals surface area contributed by atoms with Crippen LogP contribution in [0.2, 0.25) is 0 Å². The van der Waals surface area contributed by atoms with Crippen molar-refractivity contribution in [1.82, 2.24) is 15.1 Å². The molecule has 2 fully saturated rings. The van der Waals surface area contributed by atoms with Crippen LogP contribution in [0.15, 0.2) is 0 Å². The summed E-state index contributed by atoms with van der Waals surface area (Å²) in [5.74, 6) is 0.776. The van der Waals surface area contributed by atoms with Crippen LogP contribution in [0.3, 0.4) is 0 Å². The average Bonchev–Trinajstić information content (AvgIpc) is 3.19. The molecule has 0 aromatic heterocycles. The second-order valence-corrected chi connectivity index (χ2v) is 6.52. The molecule has 1 N–H and O–H groups in total. The fourth-order valence-corrected chi connectivity index (χ4v) is 2.90. The van der Waals surface area contributed by atoms with Crippen LogP contribution >= 0.6 is 0 Å². The van der Waals surface area contributed by atoms with Gasteiger partial charge in [0, 0.05) is 58.5 Å². The summed E-state index contributed by atoms with van der Waals surface area (Å²) in [4.78, 5) is 5.20. The zero-order valence-electron chi connectivity index (χ0n) is 12.9. The van der Waals surface area contributed by atoms with E-state index >= 15 is 0 Å². The number of nitrogens with zero attached hydrogens (tertiary/aromatic N) is 2. The maximum absolute atomic E-state index is 5.41. The van der Waals surface area contributed by atoms with Crippen LogP contribution in [0.4, 0.5) is 0 Å². The SMILES string of the molecule is COCC(CNC1CC1)N1CCN(CC(C)C)CC1. The van der Waals surface area contributed by atoms with Gasteiger partial charge >= 0.3 is 0 Å². The Hall–Kier alpha value is -0.160. The molecule has 4 heteroatoms. The highest BCUT2D eigenvalue weighted by molar-refractivity contribution is 4.86. The smallest absolute Gasteiger partial charge is 0.0630 e. The molecule has 0 radical (unpaired) electrons. The lowest BCUT2D eigenvalue weighted by molar-refractivity contribution is 0.0462. The van der Waals surface area contributed by atoms with Gasteiger partial charge in [0.1, 0.15) is 0 Å². The molecule has 1 saturated carbocycles. The maximum atomic E-state index is 5.41. The summed E-state index contributed by atoms with van der Waals surface area (Å²) in [5.41, 5.74) is 0. The van der Waals surface area contributed by atoms with Crippen molar-refractivity contribution < 1.29 is 4.74 Å². The topological polar surface area (TPSA) is 27.7 Å². The summed E-state index contributed by atoms with van der Waals surface area (Å²) in [6.07, 6.45) is 2.73. The van der Waals surface area contributed by atoms with Crippen LogP contribution in [-0.2, 0) is 4.74 Å². The van der Waals surface area contributed by atoms with Crippen LogP contribution in [-0.4, -0.2) is 74.9 Å². The quantitative estimate of drug-likeness (QED) is 0.712. The van der Waals surface area contributed by atoms with Crippen molar-refractivity contribution in [2.24, 2.45) is 5.92 Å². The van der Waals surface area contributed by atoms with Gasteiger partial charge in [-0.2, -0.15) is 0 Å². The molecular weight excluding hydrogens is 238 g/mol. The fourth-order valence-electron chi connectivity index (χ4n) is 2.90. The van der Waals surface area contributed by atoms with E-state index in [1.807, 2.05) is 7.11 Å². The third kappa shape index (κ3) is 5.38. The van der Waals surface area contributed by atoms with Gasteiger partial charge in [0.25, 0.3) is 0 Å². The number of nitrogens with one attached hydrogen (secondary N) is 1. The lowest BCUT2D eigenvalue weighted by Gasteiger charge is -2.39. The van der Waals surface area contributed by atoms with E-state index in [0.29, 0.717) is 6.04 Å². The van der Waals surface area contributed by atoms with Gasteiger partial charge in [-0.05, 0) is 18.8 Å².